The van der Waals surface area contributed by atoms with Crippen molar-refractivity contribution < 1.29 is 4.79 Å². The predicted octanol–water partition coefficient (Wildman–Crippen LogP) is 4.55. The highest BCUT2D eigenvalue weighted by Crippen LogP contribution is 2.36. The van der Waals surface area contributed by atoms with Crippen molar-refractivity contribution in [2.75, 3.05) is 6.54 Å². The van der Waals surface area contributed by atoms with Crippen molar-refractivity contribution in [3.63, 3.8) is 0 Å². The lowest BCUT2D eigenvalue weighted by Crippen LogP contribution is -2.49. The molecule has 0 unspecified atom stereocenters. The molecule has 2 atom stereocenters. The molecule has 108 valence electrons. The van der Waals surface area contributed by atoms with Crippen LogP contribution < -0.4 is 0 Å². The molecule has 1 amide bonds. The van der Waals surface area contributed by atoms with Crippen LogP contribution in [0.1, 0.15) is 54.4 Å². The molecule has 0 aromatic heterocycles. The Morgan fingerprint density at radius 2 is 1.95 bits per heavy atom. The molecule has 0 spiro atoms. The summed E-state index contributed by atoms with van der Waals surface area (Å²) in [6, 6.07) is 6.53. The zero-order valence-electron chi connectivity index (χ0n) is 12.1. The maximum Gasteiger partial charge on any atom is 0.255 e. The molecule has 0 N–H and O–H groups in total. The van der Waals surface area contributed by atoms with Crippen molar-refractivity contribution in [2.24, 2.45) is 5.92 Å². The number of hydrogen-bond acceptors (Lipinski definition) is 1. The molecule has 0 radical (unpaired) electrons. The van der Waals surface area contributed by atoms with Gasteiger partial charge in [-0.2, -0.15) is 0 Å². The number of fused-ring (bicyclic) bond motifs is 1. The fraction of sp³-hybridized carbons (Fsp3) is 0.588. The lowest BCUT2D eigenvalue weighted by molar-refractivity contribution is 0.0390. The Labute approximate surface area is 129 Å². The van der Waals surface area contributed by atoms with Gasteiger partial charge in [0.25, 0.3) is 5.91 Å². The summed E-state index contributed by atoms with van der Waals surface area (Å²) in [6.45, 7) is 2.98. The molecule has 1 heterocycles. The zero-order valence-corrected chi connectivity index (χ0v) is 13.7. The third-order valence-corrected chi connectivity index (χ3v) is 5.55. The highest BCUT2D eigenvalue weighted by Gasteiger charge is 2.36. The van der Waals surface area contributed by atoms with E-state index in [1.165, 1.54) is 32.1 Å². The number of benzene rings is 1. The molecular weight excluding hydrogens is 314 g/mol. The molecule has 2 aliphatic rings. The van der Waals surface area contributed by atoms with Gasteiger partial charge in [0.1, 0.15) is 0 Å². The first kappa shape index (κ1) is 14.1. The second-order valence-corrected chi connectivity index (χ2v) is 7.09. The molecule has 3 heteroatoms. The molecule has 1 aliphatic heterocycles. The maximum absolute atomic E-state index is 12.9. The summed E-state index contributed by atoms with van der Waals surface area (Å²) in [5.41, 5.74) is 1.98. The third kappa shape index (κ3) is 2.65. The average molecular weight is 336 g/mol. The normalized spacial score (nSPS) is 26.2. The molecule has 1 saturated carbocycles. The number of amides is 1. The smallest absolute Gasteiger partial charge is 0.255 e. The Bertz CT molecular complexity index is 512. The van der Waals surface area contributed by atoms with Crippen molar-refractivity contribution >= 4 is 21.8 Å². The van der Waals surface area contributed by atoms with Crippen molar-refractivity contribution in [3.8, 4) is 0 Å². The van der Waals surface area contributed by atoms with E-state index in [1.807, 2.05) is 25.1 Å². The second-order valence-electron chi connectivity index (χ2n) is 6.24. The van der Waals surface area contributed by atoms with Crippen LogP contribution in [0.25, 0.3) is 0 Å². The molecule has 1 aromatic carbocycles. The summed E-state index contributed by atoms with van der Waals surface area (Å²) < 4.78 is 0.922. The first-order valence-electron chi connectivity index (χ1n) is 7.74. The zero-order chi connectivity index (χ0) is 14.1. The second kappa shape index (κ2) is 5.88. The average Bonchev–Trinajstić information content (AvgIpc) is 2.48. The summed E-state index contributed by atoms with van der Waals surface area (Å²) in [5.74, 6) is 0.960. The summed E-state index contributed by atoms with van der Waals surface area (Å²) in [4.78, 5) is 15.1. The van der Waals surface area contributed by atoms with Crippen molar-refractivity contribution in [3.05, 3.63) is 33.8 Å². The number of hydrogen-bond donors (Lipinski definition) is 0. The van der Waals surface area contributed by atoms with Crippen LogP contribution in [-0.2, 0) is 0 Å². The van der Waals surface area contributed by atoms with E-state index < -0.39 is 0 Å². The van der Waals surface area contributed by atoms with Gasteiger partial charge in [0.2, 0.25) is 0 Å². The van der Waals surface area contributed by atoms with Crippen LogP contribution in [0.2, 0.25) is 0 Å². The Hall–Kier alpha value is -0.830. The first-order chi connectivity index (χ1) is 9.66. The number of carbonyl (C=O) groups excluding carboxylic acids is 1. The molecule has 1 aliphatic carbocycles. The van der Waals surface area contributed by atoms with E-state index >= 15 is 0 Å². The summed E-state index contributed by atoms with van der Waals surface area (Å²) >= 11 is 3.54. The summed E-state index contributed by atoms with van der Waals surface area (Å²) in [7, 11) is 0. The standard InChI is InChI=1S/C17H22BrNO/c1-12-8-9-15(18)14(11-12)17(20)19-10-4-6-13-5-2-3-7-16(13)19/h8-9,11,13,16H,2-7,10H2,1H3/t13-,16-/m1/s1. The molecule has 3 rings (SSSR count). The molecule has 2 nitrogen and oxygen atoms in total. The van der Waals surface area contributed by atoms with E-state index in [1.54, 1.807) is 0 Å². The number of likely N-dealkylation sites (tertiary alicyclic amines) is 1. The molecule has 1 aromatic rings. The van der Waals surface area contributed by atoms with E-state index in [9.17, 15) is 4.79 Å². The van der Waals surface area contributed by atoms with Gasteiger partial charge in [-0.3, -0.25) is 4.79 Å². The van der Waals surface area contributed by atoms with Crippen LogP contribution in [0, 0.1) is 12.8 Å². The van der Waals surface area contributed by atoms with E-state index in [2.05, 4.69) is 20.8 Å². The van der Waals surface area contributed by atoms with Gasteiger partial charge >= 0.3 is 0 Å². The number of aryl methyl sites for hydroxylation is 1. The van der Waals surface area contributed by atoms with Gasteiger partial charge in [-0.15, -0.1) is 0 Å². The lowest BCUT2D eigenvalue weighted by atomic mass is 9.78. The van der Waals surface area contributed by atoms with Crippen LogP contribution in [0.3, 0.4) is 0 Å². The quantitative estimate of drug-likeness (QED) is 0.737. The highest BCUT2D eigenvalue weighted by molar-refractivity contribution is 9.10. The van der Waals surface area contributed by atoms with E-state index in [0.29, 0.717) is 6.04 Å². The third-order valence-electron chi connectivity index (χ3n) is 4.86. The van der Waals surface area contributed by atoms with Gasteiger partial charge in [-0.05, 0) is 66.6 Å². The van der Waals surface area contributed by atoms with Gasteiger partial charge in [-0.25, -0.2) is 0 Å². The van der Waals surface area contributed by atoms with Crippen molar-refractivity contribution in [1.82, 2.24) is 4.90 Å². The van der Waals surface area contributed by atoms with Crippen molar-refractivity contribution in [1.29, 1.82) is 0 Å². The van der Waals surface area contributed by atoms with E-state index in [0.717, 1.165) is 34.5 Å². The predicted molar refractivity (Wildman–Crippen MR) is 84.9 cm³/mol. The Balaban J connectivity index is 1.87. The summed E-state index contributed by atoms with van der Waals surface area (Å²) in [6.07, 6.45) is 7.60. The number of piperidine rings is 1. The molecule has 2 fully saturated rings. The van der Waals surface area contributed by atoms with Crippen LogP contribution in [0.15, 0.2) is 22.7 Å². The summed E-state index contributed by atoms with van der Waals surface area (Å²) in [5, 5.41) is 0. The van der Waals surface area contributed by atoms with Crippen LogP contribution >= 0.6 is 15.9 Å². The van der Waals surface area contributed by atoms with E-state index in [-0.39, 0.29) is 5.91 Å². The molecule has 0 bridgehead atoms. The largest absolute Gasteiger partial charge is 0.335 e. The minimum Gasteiger partial charge on any atom is -0.335 e. The molecule has 20 heavy (non-hydrogen) atoms. The lowest BCUT2D eigenvalue weighted by Gasteiger charge is -2.44. The first-order valence-corrected chi connectivity index (χ1v) is 8.53. The topological polar surface area (TPSA) is 20.3 Å². The van der Waals surface area contributed by atoms with Crippen LogP contribution in [0.5, 0.6) is 0 Å². The van der Waals surface area contributed by atoms with Crippen LogP contribution in [0.4, 0.5) is 0 Å². The Morgan fingerprint density at radius 3 is 2.80 bits per heavy atom. The minimum atomic E-state index is 0.220. The number of carbonyl (C=O) groups is 1. The number of nitrogens with zero attached hydrogens (tertiary/aromatic N) is 1. The van der Waals surface area contributed by atoms with Gasteiger partial charge in [0.15, 0.2) is 0 Å². The molecular formula is C17H22BrNO. The van der Waals surface area contributed by atoms with Gasteiger partial charge < -0.3 is 4.90 Å². The fourth-order valence-electron chi connectivity index (χ4n) is 3.83. The molecule has 1 saturated heterocycles. The number of rotatable bonds is 1. The minimum absolute atomic E-state index is 0.220. The Kier molecular flexibility index (Phi) is 4.16. The van der Waals surface area contributed by atoms with Crippen LogP contribution in [-0.4, -0.2) is 23.4 Å². The van der Waals surface area contributed by atoms with Gasteiger partial charge in [0, 0.05) is 17.1 Å². The SMILES string of the molecule is Cc1ccc(Br)c(C(=O)N2CCC[C@H]3CCCC[C@H]32)c1. The monoisotopic (exact) mass is 335 g/mol. The Morgan fingerprint density at radius 1 is 1.20 bits per heavy atom. The van der Waals surface area contributed by atoms with Crippen molar-refractivity contribution in [2.45, 2.75) is 51.5 Å². The number of halogens is 1. The van der Waals surface area contributed by atoms with E-state index in [4.69, 9.17) is 0 Å². The fourth-order valence-corrected chi connectivity index (χ4v) is 4.25. The van der Waals surface area contributed by atoms with Gasteiger partial charge in [-0.1, -0.05) is 24.5 Å². The maximum atomic E-state index is 12.9. The van der Waals surface area contributed by atoms with Gasteiger partial charge in [0.05, 0.1) is 5.56 Å². The highest BCUT2D eigenvalue weighted by atomic mass is 79.9.